The predicted octanol–water partition coefficient (Wildman–Crippen LogP) is 5.60. The van der Waals surface area contributed by atoms with E-state index in [0.29, 0.717) is 35.4 Å². The van der Waals surface area contributed by atoms with Gasteiger partial charge >= 0.3 is 0 Å². The summed E-state index contributed by atoms with van der Waals surface area (Å²) in [5.74, 6) is 0.180. The second-order valence-electron chi connectivity index (χ2n) is 8.50. The van der Waals surface area contributed by atoms with E-state index in [9.17, 15) is 4.39 Å². The summed E-state index contributed by atoms with van der Waals surface area (Å²) in [6.45, 7) is 6.03. The molecule has 1 saturated heterocycles. The Hall–Kier alpha value is -2.19. The molecule has 3 heterocycles. The molecule has 34 heavy (non-hydrogen) atoms. The van der Waals surface area contributed by atoms with E-state index in [1.165, 1.54) is 12.1 Å². The van der Waals surface area contributed by atoms with Gasteiger partial charge in [0.1, 0.15) is 11.6 Å². The number of benzene rings is 1. The van der Waals surface area contributed by atoms with Crippen LogP contribution in [0.1, 0.15) is 30.1 Å². The maximum absolute atomic E-state index is 13.8. The smallest absolute Gasteiger partial charge is 0.142 e. The number of pyridine rings is 1. The first-order valence-electron chi connectivity index (χ1n) is 11.4. The third kappa shape index (κ3) is 5.89. The first-order chi connectivity index (χ1) is 16.5. The second-order valence-corrected chi connectivity index (χ2v) is 9.29. The van der Waals surface area contributed by atoms with Crippen molar-refractivity contribution in [2.75, 3.05) is 40.0 Å². The quantitative estimate of drug-likeness (QED) is 0.353. The monoisotopic (exact) mass is 506 g/mol. The van der Waals surface area contributed by atoms with Crippen LogP contribution in [-0.2, 0) is 11.2 Å². The Morgan fingerprint density at radius 1 is 1.12 bits per heavy atom. The summed E-state index contributed by atoms with van der Waals surface area (Å²) in [5.41, 5.74) is 3.25. The molecule has 1 aliphatic rings. The molecule has 6 nitrogen and oxygen atoms in total. The van der Waals surface area contributed by atoms with Crippen LogP contribution < -0.4 is 4.74 Å². The van der Waals surface area contributed by atoms with Crippen molar-refractivity contribution in [1.82, 2.24) is 19.7 Å². The Labute approximate surface area is 209 Å². The van der Waals surface area contributed by atoms with Gasteiger partial charge in [-0.1, -0.05) is 23.2 Å². The minimum Gasteiger partial charge on any atom is -0.491 e. The summed E-state index contributed by atoms with van der Waals surface area (Å²) in [6.07, 6.45) is 8.31. The molecule has 0 unspecified atom stereocenters. The van der Waals surface area contributed by atoms with E-state index < -0.39 is 5.82 Å². The molecule has 1 aromatic carbocycles. The number of hydrogen-bond donors (Lipinski definition) is 0. The minimum absolute atomic E-state index is 0.0386. The van der Waals surface area contributed by atoms with Gasteiger partial charge in [0, 0.05) is 61.7 Å². The Morgan fingerprint density at radius 2 is 1.91 bits per heavy atom. The average Bonchev–Trinajstić information content (AvgIpc) is 3.34. The van der Waals surface area contributed by atoms with E-state index in [1.54, 1.807) is 7.11 Å². The normalized spacial score (nSPS) is 15.1. The Bertz CT molecular complexity index is 1120. The zero-order chi connectivity index (χ0) is 24.1. The van der Waals surface area contributed by atoms with Crippen LogP contribution in [0.4, 0.5) is 4.39 Å². The molecule has 0 spiro atoms. The van der Waals surface area contributed by atoms with Crippen LogP contribution in [0.2, 0.25) is 10.0 Å². The number of methoxy groups -OCH3 is 1. The van der Waals surface area contributed by atoms with Gasteiger partial charge in [0.05, 0.1) is 36.2 Å². The maximum Gasteiger partial charge on any atom is 0.142 e. The van der Waals surface area contributed by atoms with Gasteiger partial charge in [0.2, 0.25) is 0 Å². The fourth-order valence-electron chi connectivity index (χ4n) is 4.19. The first-order valence-corrected chi connectivity index (χ1v) is 12.2. The number of aromatic nitrogens is 3. The predicted molar refractivity (Wildman–Crippen MR) is 132 cm³/mol. The summed E-state index contributed by atoms with van der Waals surface area (Å²) in [4.78, 5) is 6.93. The van der Waals surface area contributed by atoms with E-state index in [4.69, 9.17) is 32.7 Å². The molecule has 0 bridgehead atoms. The lowest BCUT2D eigenvalue weighted by atomic mass is 10.1. The average molecular weight is 507 g/mol. The summed E-state index contributed by atoms with van der Waals surface area (Å²) >= 11 is 12.2. The fraction of sp³-hybridized carbons (Fsp3) is 0.440. The maximum atomic E-state index is 13.8. The Balaban J connectivity index is 1.39. The van der Waals surface area contributed by atoms with Gasteiger partial charge in [-0.25, -0.2) is 4.39 Å². The largest absolute Gasteiger partial charge is 0.491 e. The fourth-order valence-corrected chi connectivity index (χ4v) is 4.75. The topological polar surface area (TPSA) is 52.4 Å². The van der Waals surface area contributed by atoms with Gasteiger partial charge in [-0.2, -0.15) is 5.10 Å². The van der Waals surface area contributed by atoms with Crippen LogP contribution in [0.25, 0.3) is 11.1 Å². The first kappa shape index (κ1) is 24.9. The summed E-state index contributed by atoms with van der Waals surface area (Å²) in [6, 6.07) is 5.12. The number of ether oxygens (including phenoxy) is 2. The number of nitrogens with zero attached hydrogens (tertiary/aromatic N) is 4. The standard InChI is InChI=1S/C25H29Cl2FN4O2/c1-17-24(34-11-7-21-22(26)3-4-23(28)25(21)27)13-18(14-29-17)19-15-30-32(16-19)20-5-8-31(9-6-20)10-12-33-2/h3-4,13-16,20H,5-12H2,1-2H3. The van der Waals surface area contributed by atoms with Crippen molar-refractivity contribution in [2.24, 2.45) is 0 Å². The minimum atomic E-state index is -0.487. The molecular formula is C25H29Cl2FN4O2. The van der Waals surface area contributed by atoms with Crippen molar-refractivity contribution in [1.29, 1.82) is 0 Å². The van der Waals surface area contributed by atoms with Crippen LogP contribution in [0.5, 0.6) is 5.75 Å². The van der Waals surface area contributed by atoms with Crippen molar-refractivity contribution in [3.8, 4) is 16.9 Å². The molecule has 1 aliphatic heterocycles. The molecule has 9 heteroatoms. The number of rotatable bonds is 9. The molecule has 0 saturated carbocycles. The van der Waals surface area contributed by atoms with Crippen LogP contribution in [0, 0.1) is 12.7 Å². The Morgan fingerprint density at radius 3 is 2.68 bits per heavy atom. The van der Waals surface area contributed by atoms with E-state index >= 15 is 0 Å². The van der Waals surface area contributed by atoms with Crippen molar-refractivity contribution < 1.29 is 13.9 Å². The summed E-state index contributed by atoms with van der Waals surface area (Å²) in [7, 11) is 1.74. The molecular weight excluding hydrogens is 478 g/mol. The number of hydrogen-bond acceptors (Lipinski definition) is 5. The molecule has 1 fully saturated rings. The van der Waals surface area contributed by atoms with E-state index in [0.717, 1.165) is 55.9 Å². The highest BCUT2D eigenvalue weighted by Crippen LogP contribution is 2.30. The van der Waals surface area contributed by atoms with Crippen molar-refractivity contribution >= 4 is 23.2 Å². The lowest BCUT2D eigenvalue weighted by Crippen LogP contribution is -2.36. The molecule has 3 aromatic rings. The van der Waals surface area contributed by atoms with Gasteiger partial charge in [0.15, 0.2) is 0 Å². The number of piperidine rings is 1. The zero-order valence-corrected chi connectivity index (χ0v) is 20.9. The lowest BCUT2D eigenvalue weighted by Gasteiger charge is -2.31. The summed E-state index contributed by atoms with van der Waals surface area (Å²) < 4.78 is 27.0. The van der Waals surface area contributed by atoms with Gasteiger partial charge < -0.3 is 14.4 Å². The van der Waals surface area contributed by atoms with Gasteiger partial charge in [-0.15, -0.1) is 0 Å². The Kier molecular flexibility index (Phi) is 8.42. The molecule has 2 aromatic heterocycles. The SMILES string of the molecule is COCCN1CCC(n2cc(-c3cnc(C)c(OCCc4c(Cl)ccc(F)c4Cl)c3)cn2)CC1. The summed E-state index contributed by atoms with van der Waals surface area (Å²) in [5, 5.41) is 5.09. The molecule has 0 N–H and O–H groups in total. The molecule has 182 valence electrons. The van der Waals surface area contributed by atoms with Crippen LogP contribution >= 0.6 is 23.2 Å². The van der Waals surface area contributed by atoms with Crippen LogP contribution in [0.15, 0.2) is 36.8 Å². The molecule has 4 rings (SSSR count). The molecule has 0 aliphatic carbocycles. The highest BCUT2D eigenvalue weighted by atomic mass is 35.5. The van der Waals surface area contributed by atoms with E-state index in [-0.39, 0.29) is 5.02 Å². The van der Waals surface area contributed by atoms with E-state index in [2.05, 4.69) is 25.9 Å². The molecule has 0 amide bonds. The highest BCUT2D eigenvalue weighted by molar-refractivity contribution is 6.36. The van der Waals surface area contributed by atoms with Gasteiger partial charge in [-0.05, 0) is 43.5 Å². The zero-order valence-electron chi connectivity index (χ0n) is 19.4. The number of aryl methyl sites for hydroxylation is 1. The third-order valence-electron chi connectivity index (χ3n) is 6.27. The second kappa shape index (κ2) is 11.5. The van der Waals surface area contributed by atoms with Crippen LogP contribution in [-0.4, -0.2) is 59.6 Å². The highest BCUT2D eigenvalue weighted by Gasteiger charge is 2.21. The van der Waals surface area contributed by atoms with E-state index in [1.807, 2.05) is 25.4 Å². The molecule has 0 atom stereocenters. The lowest BCUT2D eigenvalue weighted by molar-refractivity contribution is 0.119. The van der Waals surface area contributed by atoms with Crippen LogP contribution in [0.3, 0.4) is 0 Å². The number of likely N-dealkylation sites (tertiary alicyclic amines) is 1. The van der Waals surface area contributed by atoms with Crippen molar-refractivity contribution in [3.63, 3.8) is 0 Å². The van der Waals surface area contributed by atoms with Gasteiger partial charge in [-0.3, -0.25) is 9.67 Å². The third-order valence-corrected chi connectivity index (χ3v) is 7.03. The molecule has 0 radical (unpaired) electrons. The van der Waals surface area contributed by atoms with Crippen molar-refractivity contribution in [3.05, 3.63) is 63.9 Å². The van der Waals surface area contributed by atoms with Gasteiger partial charge in [0.25, 0.3) is 0 Å². The number of halogens is 3. The van der Waals surface area contributed by atoms with Crippen molar-refractivity contribution in [2.45, 2.75) is 32.2 Å².